The van der Waals surface area contributed by atoms with E-state index >= 15 is 0 Å². The number of hydrogen-bond acceptors (Lipinski definition) is 3. The van der Waals surface area contributed by atoms with Crippen molar-refractivity contribution >= 4 is 0 Å². The van der Waals surface area contributed by atoms with Crippen molar-refractivity contribution in [2.24, 2.45) is 5.92 Å². The van der Waals surface area contributed by atoms with Gasteiger partial charge in [0.2, 0.25) is 0 Å². The Balaban J connectivity index is 1.82. The Morgan fingerprint density at radius 2 is 2.25 bits per heavy atom. The van der Waals surface area contributed by atoms with Crippen LogP contribution < -0.4 is 5.32 Å². The number of ether oxygens (including phenoxy) is 1. The van der Waals surface area contributed by atoms with Gasteiger partial charge < -0.3 is 15.0 Å². The lowest BCUT2D eigenvalue weighted by Crippen LogP contribution is -2.51. The minimum absolute atomic E-state index is 0.408. The summed E-state index contributed by atoms with van der Waals surface area (Å²) in [5, 5.41) is 3.68. The van der Waals surface area contributed by atoms with Crippen LogP contribution in [0.15, 0.2) is 0 Å². The van der Waals surface area contributed by atoms with Crippen molar-refractivity contribution in [3.05, 3.63) is 0 Å². The van der Waals surface area contributed by atoms with E-state index in [2.05, 4.69) is 24.2 Å². The first kappa shape index (κ1) is 12.3. The quantitative estimate of drug-likeness (QED) is 0.742. The van der Waals surface area contributed by atoms with E-state index in [1.54, 1.807) is 0 Å². The van der Waals surface area contributed by atoms with Crippen LogP contribution in [0.25, 0.3) is 0 Å². The van der Waals surface area contributed by atoms with E-state index in [1.807, 2.05) is 0 Å². The van der Waals surface area contributed by atoms with Gasteiger partial charge in [0.05, 0.1) is 12.7 Å². The van der Waals surface area contributed by atoms with Crippen molar-refractivity contribution in [3.8, 4) is 0 Å². The molecule has 1 aliphatic carbocycles. The van der Waals surface area contributed by atoms with Gasteiger partial charge in [-0.3, -0.25) is 0 Å². The maximum Gasteiger partial charge on any atom is 0.0855 e. The van der Waals surface area contributed by atoms with Gasteiger partial charge in [-0.2, -0.15) is 0 Å². The van der Waals surface area contributed by atoms with Crippen LogP contribution in [-0.4, -0.2) is 50.3 Å². The van der Waals surface area contributed by atoms with Crippen molar-refractivity contribution in [3.63, 3.8) is 0 Å². The lowest BCUT2D eigenvalue weighted by Gasteiger charge is -2.35. The molecule has 94 valence electrons. The lowest BCUT2D eigenvalue weighted by molar-refractivity contribution is -0.0407. The Morgan fingerprint density at radius 3 is 2.88 bits per heavy atom. The predicted molar refractivity (Wildman–Crippen MR) is 66.7 cm³/mol. The molecule has 16 heavy (non-hydrogen) atoms. The average molecular weight is 226 g/mol. The summed E-state index contributed by atoms with van der Waals surface area (Å²) < 4.78 is 5.93. The molecule has 0 spiro atoms. The topological polar surface area (TPSA) is 24.5 Å². The Morgan fingerprint density at radius 1 is 1.44 bits per heavy atom. The summed E-state index contributed by atoms with van der Waals surface area (Å²) in [6, 6.07) is 0.579. The van der Waals surface area contributed by atoms with E-state index in [0.29, 0.717) is 12.1 Å². The summed E-state index contributed by atoms with van der Waals surface area (Å²) in [4.78, 5) is 2.39. The third-order valence-electron chi connectivity index (χ3n) is 3.69. The third kappa shape index (κ3) is 3.72. The molecule has 0 aromatic carbocycles. The Labute approximate surface area is 99.5 Å². The van der Waals surface area contributed by atoms with Crippen molar-refractivity contribution in [2.45, 2.75) is 44.8 Å². The molecule has 2 atom stereocenters. The number of rotatable bonds is 6. The molecule has 0 bridgehead atoms. The van der Waals surface area contributed by atoms with Crippen LogP contribution in [0.2, 0.25) is 0 Å². The zero-order valence-electron chi connectivity index (χ0n) is 10.7. The van der Waals surface area contributed by atoms with E-state index in [4.69, 9.17) is 4.74 Å². The highest BCUT2D eigenvalue weighted by Gasteiger charge is 2.32. The normalized spacial score (nSPS) is 29.2. The second kappa shape index (κ2) is 5.99. The fourth-order valence-electron chi connectivity index (χ4n) is 2.46. The van der Waals surface area contributed by atoms with Gasteiger partial charge >= 0.3 is 0 Å². The van der Waals surface area contributed by atoms with Crippen LogP contribution in [0.4, 0.5) is 0 Å². The smallest absolute Gasteiger partial charge is 0.0855 e. The summed E-state index contributed by atoms with van der Waals surface area (Å²) in [5.41, 5.74) is 0. The molecule has 3 heteroatoms. The molecule has 0 aromatic heterocycles. The number of nitrogens with zero attached hydrogens (tertiary/aromatic N) is 1. The molecule has 2 fully saturated rings. The summed E-state index contributed by atoms with van der Waals surface area (Å²) in [5.74, 6) is 0.977. The molecule has 2 unspecified atom stereocenters. The van der Waals surface area contributed by atoms with E-state index in [-0.39, 0.29) is 0 Å². The van der Waals surface area contributed by atoms with Gasteiger partial charge in [-0.05, 0) is 32.4 Å². The summed E-state index contributed by atoms with van der Waals surface area (Å²) in [6.07, 6.45) is 5.81. The van der Waals surface area contributed by atoms with Gasteiger partial charge in [0, 0.05) is 19.1 Å². The van der Waals surface area contributed by atoms with Crippen molar-refractivity contribution in [2.75, 3.05) is 33.3 Å². The van der Waals surface area contributed by atoms with Gasteiger partial charge in [-0.25, -0.2) is 0 Å². The second-order valence-electron chi connectivity index (χ2n) is 5.41. The zero-order chi connectivity index (χ0) is 11.4. The number of nitrogens with one attached hydrogen (secondary N) is 1. The fourth-order valence-corrected chi connectivity index (χ4v) is 2.46. The molecular weight excluding hydrogens is 200 g/mol. The van der Waals surface area contributed by atoms with Gasteiger partial charge in [0.25, 0.3) is 0 Å². The minimum atomic E-state index is 0.408. The average Bonchev–Trinajstić information content (AvgIpc) is 3.08. The predicted octanol–water partition coefficient (Wildman–Crippen LogP) is 1.49. The van der Waals surface area contributed by atoms with Crippen LogP contribution in [0.5, 0.6) is 0 Å². The van der Waals surface area contributed by atoms with Crippen LogP contribution >= 0.6 is 0 Å². The van der Waals surface area contributed by atoms with Crippen molar-refractivity contribution < 1.29 is 4.74 Å². The number of morpholine rings is 1. The molecule has 0 radical (unpaired) electrons. The molecular formula is C13H26N2O. The summed E-state index contributed by atoms with van der Waals surface area (Å²) in [7, 11) is 2.20. The Kier molecular flexibility index (Phi) is 4.62. The van der Waals surface area contributed by atoms with E-state index in [1.165, 1.54) is 25.7 Å². The molecule has 0 amide bonds. The molecule has 1 aliphatic heterocycles. The molecule has 2 rings (SSSR count). The standard InChI is InChI=1S/C13H26N2O/c1-3-6-14-12(9-11-4-5-11)13-10-15(2)7-8-16-13/h11-14H,3-10H2,1-2H3. The van der Waals surface area contributed by atoms with E-state index in [9.17, 15) is 0 Å². The molecule has 1 N–H and O–H groups in total. The minimum Gasteiger partial charge on any atom is -0.374 e. The molecule has 1 saturated carbocycles. The lowest BCUT2D eigenvalue weighted by atomic mass is 10.0. The van der Waals surface area contributed by atoms with Crippen LogP contribution in [0.1, 0.15) is 32.6 Å². The Bertz CT molecular complexity index is 206. The monoisotopic (exact) mass is 226 g/mol. The van der Waals surface area contributed by atoms with Gasteiger partial charge in [-0.15, -0.1) is 0 Å². The SMILES string of the molecule is CCCNC(CC1CC1)C1CN(C)CCO1. The highest BCUT2D eigenvalue weighted by atomic mass is 16.5. The van der Waals surface area contributed by atoms with Crippen molar-refractivity contribution in [1.82, 2.24) is 10.2 Å². The van der Waals surface area contributed by atoms with E-state index in [0.717, 1.165) is 32.2 Å². The number of likely N-dealkylation sites (N-methyl/N-ethyl adjacent to an activating group) is 1. The maximum absolute atomic E-state index is 5.93. The molecule has 1 saturated heterocycles. The van der Waals surface area contributed by atoms with Gasteiger partial charge in [0.1, 0.15) is 0 Å². The molecule has 2 aliphatic rings. The fraction of sp³-hybridized carbons (Fsp3) is 1.00. The first-order valence-corrected chi connectivity index (χ1v) is 6.83. The van der Waals surface area contributed by atoms with Crippen molar-refractivity contribution in [1.29, 1.82) is 0 Å². The van der Waals surface area contributed by atoms with E-state index < -0.39 is 0 Å². The first-order chi connectivity index (χ1) is 7.79. The summed E-state index contributed by atoms with van der Waals surface area (Å²) in [6.45, 7) is 6.43. The third-order valence-corrected chi connectivity index (χ3v) is 3.69. The molecule has 0 aromatic rings. The van der Waals surface area contributed by atoms with Gasteiger partial charge in [0.15, 0.2) is 0 Å². The highest BCUT2D eigenvalue weighted by molar-refractivity contribution is 4.87. The molecule has 3 nitrogen and oxygen atoms in total. The first-order valence-electron chi connectivity index (χ1n) is 6.83. The van der Waals surface area contributed by atoms with Gasteiger partial charge in [-0.1, -0.05) is 19.8 Å². The summed E-state index contributed by atoms with van der Waals surface area (Å²) >= 11 is 0. The number of hydrogen-bond donors (Lipinski definition) is 1. The van der Waals surface area contributed by atoms with Crippen LogP contribution in [0, 0.1) is 5.92 Å². The second-order valence-corrected chi connectivity index (χ2v) is 5.41. The van der Waals surface area contributed by atoms with Crippen LogP contribution in [0.3, 0.4) is 0 Å². The zero-order valence-corrected chi connectivity index (χ0v) is 10.7. The maximum atomic E-state index is 5.93. The Hall–Kier alpha value is -0.120. The largest absolute Gasteiger partial charge is 0.374 e. The van der Waals surface area contributed by atoms with Crippen LogP contribution in [-0.2, 0) is 4.74 Å². The highest BCUT2D eigenvalue weighted by Crippen LogP contribution is 2.34. The molecule has 1 heterocycles.